The van der Waals surface area contributed by atoms with Crippen molar-refractivity contribution >= 4 is 11.9 Å². The lowest BCUT2D eigenvalue weighted by molar-refractivity contribution is -0.173. The molecule has 110 valence electrons. The standard InChI is InChI=1S/C14H14N2O5/c1-20-14(19)12(17)7-13(18)16(21-2)9-11-5-3-10(8-15)4-6-11/h3-7,17H,9H2,1-2H3/b12-7-. The zero-order valence-corrected chi connectivity index (χ0v) is 11.6. The number of benzene rings is 1. The maximum atomic E-state index is 11.8. The molecule has 0 aliphatic heterocycles. The number of hydroxylamine groups is 2. The van der Waals surface area contributed by atoms with E-state index < -0.39 is 17.6 Å². The van der Waals surface area contributed by atoms with E-state index in [9.17, 15) is 14.7 Å². The molecule has 0 bridgehead atoms. The topological polar surface area (TPSA) is 99.9 Å². The van der Waals surface area contributed by atoms with Crippen molar-refractivity contribution in [3.8, 4) is 6.07 Å². The van der Waals surface area contributed by atoms with Crippen molar-refractivity contribution in [1.82, 2.24) is 5.06 Å². The Morgan fingerprint density at radius 1 is 1.33 bits per heavy atom. The summed E-state index contributed by atoms with van der Waals surface area (Å²) in [6.07, 6.45) is 0.707. The number of aliphatic hydroxyl groups is 1. The van der Waals surface area contributed by atoms with Gasteiger partial charge in [0.25, 0.3) is 5.91 Å². The Balaban J connectivity index is 2.80. The van der Waals surface area contributed by atoms with Crippen LogP contribution in [0.2, 0.25) is 0 Å². The molecule has 1 aromatic carbocycles. The molecule has 0 aliphatic carbocycles. The van der Waals surface area contributed by atoms with Gasteiger partial charge in [0.15, 0.2) is 0 Å². The predicted octanol–water partition coefficient (Wildman–Crippen LogP) is 1.06. The van der Waals surface area contributed by atoms with Gasteiger partial charge in [-0.15, -0.1) is 0 Å². The summed E-state index contributed by atoms with van der Waals surface area (Å²) < 4.78 is 4.27. The maximum Gasteiger partial charge on any atom is 0.373 e. The zero-order chi connectivity index (χ0) is 15.8. The van der Waals surface area contributed by atoms with Gasteiger partial charge in [-0.05, 0) is 17.7 Å². The molecule has 0 aromatic heterocycles. The Labute approximate surface area is 121 Å². The van der Waals surface area contributed by atoms with Crippen molar-refractivity contribution in [2.45, 2.75) is 6.54 Å². The summed E-state index contributed by atoms with van der Waals surface area (Å²) in [4.78, 5) is 27.7. The highest BCUT2D eigenvalue weighted by Crippen LogP contribution is 2.08. The minimum Gasteiger partial charge on any atom is -0.502 e. The molecule has 0 aliphatic rings. The molecule has 1 rings (SSSR count). The van der Waals surface area contributed by atoms with Crippen LogP contribution in [0, 0.1) is 11.3 Å². The third kappa shape index (κ3) is 4.63. The van der Waals surface area contributed by atoms with Gasteiger partial charge in [0.05, 0.1) is 38.5 Å². The van der Waals surface area contributed by atoms with Gasteiger partial charge in [-0.3, -0.25) is 9.63 Å². The van der Waals surface area contributed by atoms with E-state index in [0.29, 0.717) is 11.6 Å². The van der Waals surface area contributed by atoms with Crippen molar-refractivity contribution in [3.63, 3.8) is 0 Å². The quantitative estimate of drug-likeness (QED) is 0.377. The van der Waals surface area contributed by atoms with E-state index in [1.54, 1.807) is 24.3 Å². The smallest absolute Gasteiger partial charge is 0.373 e. The number of amides is 1. The van der Waals surface area contributed by atoms with E-state index in [1.807, 2.05) is 6.07 Å². The van der Waals surface area contributed by atoms with Crippen molar-refractivity contribution in [1.29, 1.82) is 5.26 Å². The van der Waals surface area contributed by atoms with Crippen LogP contribution in [0.4, 0.5) is 0 Å². The van der Waals surface area contributed by atoms with E-state index in [4.69, 9.17) is 10.1 Å². The second-order valence-electron chi connectivity index (χ2n) is 3.89. The fraction of sp³-hybridized carbons (Fsp3) is 0.214. The van der Waals surface area contributed by atoms with Gasteiger partial charge in [-0.2, -0.15) is 5.26 Å². The van der Waals surface area contributed by atoms with Crippen LogP contribution in [-0.4, -0.2) is 36.3 Å². The highest BCUT2D eigenvalue weighted by atomic mass is 16.7. The second kappa shape index (κ2) is 7.67. The van der Waals surface area contributed by atoms with E-state index in [-0.39, 0.29) is 6.54 Å². The van der Waals surface area contributed by atoms with Crippen LogP contribution in [-0.2, 0) is 25.7 Å². The molecule has 0 fully saturated rings. The second-order valence-corrected chi connectivity index (χ2v) is 3.89. The van der Waals surface area contributed by atoms with Gasteiger partial charge in [0, 0.05) is 0 Å². The molecular formula is C14H14N2O5. The van der Waals surface area contributed by atoms with Gasteiger partial charge >= 0.3 is 5.97 Å². The van der Waals surface area contributed by atoms with Crippen LogP contribution in [0.25, 0.3) is 0 Å². The molecule has 0 atom stereocenters. The summed E-state index contributed by atoms with van der Waals surface area (Å²) in [6.45, 7) is 0.0893. The molecule has 1 amide bonds. The molecule has 0 spiro atoms. The van der Waals surface area contributed by atoms with Gasteiger partial charge in [-0.25, -0.2) is 9.86 Å². The number of hydrogen-bond acceptors (Lipinski definition) is 6. The Morgan fingerprint density at radius 2 is 1.95 bits per heavy atom. The summed E-state index contributed by atoms with van der Waals surface area (Å²) in [5.41, 5.74) is 1.22. The zero-order valence-electron chi connectivity index (χ0n) is 11.6. The molecule has 21 heavy (non-hydrogen) atoms. The Bertz CT molecular complexity index is 586. The third-order valence-electron chi connectivity index (χ3n) is 2.53. The molecule has 0 saturated carbocycles. The van der Waals surface area contributed by atoms with E-state index in [1.165, 1.54) is 7.11 Å². The first-order chi connectivity index (χ1) is 10.0. The Hall–Kier alpha value is -2.85. The summed E-state index contributed by atoms with van der Waals surface area (Å²) in [5.74, 6) is -2.55. The molecule has 7 heteroatoms. The minimum absolute atomic E-state index is 0.0893. The number of ether oxygens (including phenoxy) is 1. The first-order valence-electron chi connectivity index (χ1n) is 5.85. The Morgan fingerprint density at radius 3 is 2.43 bits per heavy atom. The maximum absolute atomic E-state index is 11.8. The van der Waals surface area contributed by atoms with Gasteiger partial charge in [0.1, 0.15) is 0 Å². The number of rotatable bonds is 5. The van der Waals surface area contributed by atoms with E-state index in [2.05, 4.69) is 4.74 Å². The number of carbonyl (C=O) groups is 2. The largest absolute Gasteiger partial charge is 0.502 e. The molecule has 1 aromatic rings. The summed E-state index contributed by atoms with van der Waals surface area (Å²) in [6, 6.07) is 8.53. The van der Waals surface area contributed by atoms with Crippen molar-refractivity contribution in [2.75, 3.05) is 14.2 Å². The van der Waals surface area contributed by atoms with Gasteiger partial charge < -0.3 is 9.84 Å². The van der Waals surface area contributed by atoms with Crippen LogP contribution in [0.15, 0.2) is 36.1 Å². The van der Waals surface area contributed by atoms with Crippen LogP contribution < -0.4 is 0 Å². The number of methoxy groups -OCH3 is 1. The molecule has 1 N–H and O–H groups in total. The molecule has 0 unspecified atom stereocenters. The van der Waals surface area contributed by atoms with Crippen LogP contribution in [0.1, 0.15) is 11.1 Å². The normalized spacial score (nSPS) is 10.6. The molecular weight excluding hydrogens is 276 g/mol. The first-order valence-corrected chi connectivity index (χ1v) is 5.85. The highest BCUT2D eigenvalue weighted by molar-refractivity contribution is 5.96. The SMILES string of the molecule is COC(=O)/C(O)=C/C(=O)N(Cc1ccc(C#N)cc1)OC. The number of carbonyl (C=O) groups excluding carboxylic acids is 2. The van der Waals surface area contributed by atoms with Crippen LogP contribution in [0.5, 0.6) is 0 Å². The average molecular weight is 290 g/mol. The average Bonchev–Trinajstić information content (AvgIpc) is 2.51. The fourth-order valence-electron chi connectivity index (χ4n) is 1.44. The van der Waals surface area contributed by atoms with Crippen molar-refractivity contribution in [2.24, 2.45) is 0 Å². The number of hydrogen-bond donors (Lipinski definition) is 1. The lowest BCUT2D eigenvalue weighted by atomic mass is 10.1. The van der Waals surface area contributed by atoms with E-state index >= 15 is 0 Å². The van der Waals surface area contributed by atoms with E-state index in [0.717, 1.165) is 17.7 Å². The number of aliphatic hydroxyl groups excluding tert-OH is 1. The monoisotopic (exact) mass is 290 g/mol. The van der Waals surface area contributed by atoms with Crippen molar-refractivity contribution < 1.29 is 24.3 Å². The van der Waals surface area contributed by atoms with Crippen LogP contribution >= 0.6 is 0 Å². The summed E-state index contributed by atoms with van der Waals surface area (Å²) in [5, 5.41) is 19.0. The lowest BCUT2D eigenvalue weighted by Crippen LogP contribution is -2.28. The highest BCUT2D eigenvalue weighted by Gasteiger charge is 2.16. The fourth-order valence-corrected chi connectivity index (χ4v) is 1.44. The third-order valence-corrected chi connectivity index (χ3v) is 2.53. The van der Waals surface area contributed by atoms with Gasteiger partial charge in [0.2, 0.25) is 5.76 Å². The summed E-state index contributed by atoms with van der Waals surface area (Å²) >= 11 is 0. The molecule has 0 saturated heterocycles. The molecule has 0 radical (unpaired) electrons. The van der Waals surface area contributed by atoms with Crippen LogP contribution in [0.3, 0.4) is 0 Å². The number of nitrogens with zero attached hydrogens (tertiary/aromatic N) is 2. The minimum atomic E-state index is -1.02. The van der Waals surface area contributed by atoms with Crippen molar-refractivity contribution in [3.05, 3.63) is 47.2 Å². The number of nitriles is 1. The molecule has 7 nitrogen and oxygen atoms in total. The predicted molar refractivity (Wildman–Crippen MR) is 71.4 cm³/mol. The van der Waals surface area contributed by atoms with Gasteiger partial charge in [-0.1, -0.05) is 12.1 Å². The lowest BCUT2D eigenvalue weighted by Gasteiger charge is -2.18. The number of esters is 1. The molecule has 0 heterocycles. The summed E-state index contributed by atoms with van der Waals surface area (Å²) in [7, 11) is 2.37. The Kier molecular flexibility index (Phi) is 5.92. The first kappa shape index (κ1) is 16.2.